The number of aromatic nitrogens is 2. The second-order valence-corrected chi connectivity index (χ2v) is 3.22. The van der Waals surface area contributed by atoms with Gasteiger partial charge in [0.05, 0.1) is 0 Å². The number of hydrogen-bond acceptors (Lipinski definition) is 3. The first kappa shape index (κ1) is 11.9. The Morgan fingerprint density at radius 2 is 1.62 bits per heavy atom. The molecule has 2 rings (SSSR count). The Morgan fingerprint density at radius 3 is 2.06 bits per heavy atom. The van der Waals surface area contributed by atoms with E-state index >= 15 is 0 Å². The number of hydrogen-bond donors (Lipinski definition) is 0. The molecule has 2 aromatic rings. The molecule has 16 heavy (non-hydrogen) atoms. The van der Waals surface area contributed by atoms with E-state index in [9.17, 15) is 0 Å². The van der Waals surface area contributed by atoms with Crippen molar-refractivity contribution in [2.45, 2.75) is 13.8 Å². The quantitative estimate of drug-likeness (QED) is 0.731. The molecule has 0 aliphatic heterocycles. The normalized spacial score (nSPS) is 8.88. The van der Waals surface area contributed by atoms with E-state index in [1.165, 1.54) is 11.4 Å². The highest BCUT2D eigenvalue weighted by molar-refractivity contribution is 5.30. The number of rotatable bonds is 1. The van der Waals surface area contributed by atoms with Crippen LogP contribution in [-0.4, -0.2) is 15.7 Å². The first-order valence-electron chi connectivity index (χ1n) is 4.76. The monoisotopic (exact) mass is 216 g/mol. The van der Waals surface area contributed by atoms with Gasteiger partial charge >= 0.3 is 6.15 Å². The third kappa shape index (κ3) is 2.65. The highest BCUT2D eigenvalue weighted by Gasteiger charge is 2.02. The fourth-order valence-electron chi connectivity index (χ4n) is 1.52. The van der Waals surface area contributed by atoms with Crippen LogP contribution in [0.25, 0.3) is 5.82 Å². The van der Waals surface area contributed by atoms with Crippen LogP contribution in [0, 0.1) is 13.8 Å². The summed E-state index contributed by atoms with van der Waals surface area (Å²) >= 11 is 0. The Hall–Kier alpha value is -2.19. The van der Waals surface area contributed by atoms with Crippen LogP contribution < -0.4 is 0 Å². The minimum atomic E-state index is 0.250. The molecule has 0 amide bonds. The summed E-state index contributed by atoms with van der Waals surface area (Å²) in [6.07, 6.45) is 2.06. The van der Waals surface area contributed by atoms with Gasteiger partial charge in [-0.2, -0.15) is 9.59 Å². The van der Waals surface area contributed by atoms with Crippen molar-refractivity contribution in [3.05, 3.63) is 47.9 Å². The van der Waals surface area contributed by atoms with Gasteiger partial charge in [-0.3, -0.25) is 0 Å². The van der Waals surface area contributed by atoms with Crippen molar-refractivity contribution in [3.63, 3.8) is 0 Å². The molecule has 0 unspecified atom stereocenters. The van der Waals surface area contributed by atoms with Gasteiger partial charge in [-0.15, -0.1) is 0 Å². The Kier molecular flexibility index (Phi) is 4.18. The molecule has 0 saturated carbocycles. The molecule has 0 aromatic carbocycles. The number of carbonyl (C=O) groups excluding carboxylic acids is 2. The van der Waals surface area contributed by atoms with E-state index in [0.29, 0.717) is 0 Å². The molecular formula is C12H12N2O2. The van der Waals surface area contributed by atoms with E-state index in [4.69, 9.17) is 9.59 Å². The zero-order chi connectivity index (χ0) is 12.0. The molecule has 0 aliphatic rings. The smallest absolute Gasteiger partial charge is 0.303 e. The van der Waals surface area contributed by atoms with Gasteiger partial charge in [0.15, 0.2) is 0 Å². The maximum atomic E-state index is 8.12. The van der Waals surface area contributed by atoms with Crippen molar-refractivity contribution >= 4 is 6.15 Å². The van der Waals surface area contributed by atoms with E-state index in [2.05, 4.69) is 35.5 Å². The van der Waals surface area contributed by atoms with Gasteiger partial charge in [-0.1, -0.05) is 6.07 Å². The lowest BCUT2D eigenvalue weighted by atomic mass is 10.4. The van der Waals surface area contributed by atoms with Crippen LogP contribution in [0.5, 0.6) is 0 Å². The predicted octanol–water partition coefficient (Wildman–Crippen LogP) is 1.91. The summed E-state index contributed by atoms with van der Waals surface area (Å²) in [4.78, 5) is 20.6. The van der Waals surface area contributed by atoms with Crippen LogP contribution in [-0.2, 0) is 9.59 Å². The molecule has 0 bridgehead atoms. The maximum Gasteiger partial charge on any atom is 0.373 e. The van der Waals surface area contributed by atoms with Crippen LogP contribution in [0.3, 0.4) is 0 Å². The zero-order valence-electron chi connectivity index (χ0n) is 9.18. The molecule has 2 aromatic heterocycles. The summed E-state index contributed by atoms with van der Waals surface area (Å²) in [6, 6.07) is 10.1. The first-order valence-corrected chi connectivity index (χ1v) is 4.76. The molecule has 0 spiro atoms. The first-order chi connectivity index (χ1) is 7.70. The molecule has 0 fully saturated rings. The SMILES string of the molecule is Cc1ccc(C)n1-c1ccccn1.O=C=O. The third-order valence-electron chi connectivity index (χ3n) is 2.15. The van der Waals surface area contributed by atoms with Gasteiger partial charge in [0, 0.05) is 17.6 Å². The molecule has 0 atom stereocenters. The topological polar surface area (TPSA) is 52.0 Å². The summed E-state index contributed by atoms with van der Waals surface area (Å²) in [5.41, 5.74) is 2.44. The van der Waals surface area contributed by atoms with Crippen molar-refractivity contribution < 1.29 is 9.59 Å². The van der Waals surface area contributed by atoms with Crippen LogP contribution in [0.2, 0.25) is 0 Å². The van der Waals surface area contributed by atoms with Gasteiger partial charge in [-0.25, -0.2) is 4.98 Å². The van der Waals surface area contributed by atoms with E-state index in [1.54, 1.807) is 0 Å². The molecule has 0 saturated heterocycles. The van der Waals surface area contributed by atoms with Gasteiger partial charge in [-0.05, 0) is 38.1 Å². The highest BCUT2D eigenvalue weighted by Crippen LogP contribution is 2.12. The van der Waals surface area contributed by atoms with Gasteiger partial charge in [0.1, 0.15) is 5.82 Å². The predicted molar refractivity (Wildman–Crippen MR) is 58.0 cm³/mol. The molecule has 82 valence electrons. The molecule has 2 heterocycles. The lowest BCUT2D eigenvalue weighted by Crippen LogP contribution is -2.00. The summed E-state index contributed by atoms with van der Waals surface area (Å²) < 4.78 is 2.14. The van der Waals surface area contributed by atoms with E-state index in [1.807, 2.05) is 24.4 Å². The van der Waals surface area contributed by atoms with E-state index < -0.39 is 0 Å². The molecule has 4 nitrogen and oxygen atoms in total. The van der Waals surface area contributed by atoms with E-state index in [-0.39, 0.29) is 6.15 Å². The molecular weight excluding hydrogens is 204 g/mol. The van der Waals surface area contributed by atoms with Crippen molar-refractivity contribution in [2.75, 3.05) is 0 Å². The average molecular weight is 216 g/mol. The minimum absolute atomic E-state index is 0.250. The summed E-state index contributed by atoms with van der Waals surface area (Å²) in [7, 11) is 0. The summed E-state index contributed by atoms with van der Waals surface area (Å²) in [6.45, 7) is 4.17. The van der Waals surface area contributed by atoms with Crippen molar-refractivity contribution in [3.8, 4) is 5.82 Å². The second kappa shape index (κ2) is 5.63. The van der Waals surface area contributed by atoms with Crippen LogP contribution in [0.4, 0.5) is 0 Å². The van der Waals surface area contributed by atoms with Crippen molar-refractivity contribution in [2.24, 2.45) is 0 Å². The third-order valence-corrected chi connectivity index (χ3v) is 2.15. The molecule has 4 heteroatoms. The Balaban J connectivity index is 0.000000386. The van der Waals surface area contributed by atoms with Gasteiger partial charge in [0.2, 0.25) is 0 Å². The van der Waals surface area contributed by atoms with Crippen LogP contribution in [0.1, 0.15) is 11.4 Å². The summed E-state index contributed by atoms with van der Waals surface area (Å²) in [5, 5.41) is 0. The fraction of sp³-hybridized carbons (Fsp3) is 0.167. The molecule has 0 radical (unpaired) electrons. The van der Waals surface area contributed by atoms with Gasteiger partial charge < -0.3 is 4.57 Å². The standard InChI is InChI=1S/C11H12N2.CO2/c1-9-6-7-10(2)13(9)11-5-3-4-8-12-11;2-1-3/h3-8H,1-2H3;. The van der Waals surface area contributed by atoms with Crippen molar-refractivity contribution in [1.29, 1.82) is 0 Å². The number of pyridine rings is 1. The molecule has 0 N–H and O–H groups in total. The highest BCUT2D eigenvalue weighted by atomic mass is 16.2. The van der Waals surface area contributed by atoms with Crippen LogP contribution >= 0.6 is 0 Å². The Labute approximate surface area is 93.6 Å². The lowest BCUT2D eigenvalue weighted by molar-refractivity contribution is -0.191. The number of nitrogens with zero attached hydrogens (tertiary/aromatic N) is 2. The fourth-order valence-corrected chi connectivity index (χ4v) is 1.52. The Bertz CT molecular complexity index is 463. The number of aryl methyl sites for hydroxylation is 2. The van der Waals surface area contributed by atoms with Gasteiger partial charge in [0.25, 0.3) is 0 Å². The minimum Gasteiger partial charge on any atom is -0.303 e. The van der Waals surface area contributed by atoms with Crippen LogP contribution in [0.15, 0.2) is 36.5 Å². The Morgan fingerprint density at radius 1 is 1.06 bits per heavy atom. The van der Waals surface area contributed by atoms with Crippen molar-refractivity contribution in [1.82, 2.24) is 9.55 Å². The zero-order valence-corrected chi connectivity index (χ0v) is 9.18. The maximum absolute atomic E-state index is 8.12. The van der Waals surface area contributed by atoms with E-state index in [0.717, 1.165) is 5.82 Å². The average Bonchev–Trinajstić information content (AvgIpc) is 2.61. The molecule has 0 aliphatic carbocycles. The largest absolute Gasteiger partial charge is 0.373 e. The summed E-state index contributed by atoms with van der Waals surface area (Å²) in [5.74, 6) is 0.988. The second-order valence-electron chi connectivity index (χ2n) is 3.22. The lowest BCUT2D eigenvalue weighted by Gasteiger charge is -2.06.